The zero-order valence-electron chi connectivity index (χ0n) is 10.6. The van der Waals surface area contributed by atoms with Crippen molar-refractivity contribution in [1.29, 1.82) is 0 Å². The molecule has 2 amide bonds. The first-order valence-electron chi connectivity index (χ1n) is 5.34. The molecule has 1 rings (SSSR count). The normalized spacial score (nSPS) is 10.8. The summed E-state index contributed by atoms with van der Waals surface area (Å²) < 4.78 is 5.07. The van der Waals surface area contributed by atoms with Crippen LogP contribution in [-0.2, 0) is 4.79 Å². The van der Waals surface area contributed by atoms with Crippen LogP contribution in [0.4, 0.5) is 5.69 Å². The van der Waals surface area contributed by atoms with Gasteiger partial charge in [0.1, 0.15) is 16.9 Å². The molecule has 0 radical (unpaired) electrons. The van der Waals surface area contributed by atoms with Crippen LogP contribution in [0.5, 0.6) is 5.75 Å². The van der Waals surface area contributed by atoms with Crippen LogP contribution < -0.4 is 21.5 Å². The Balaban J connectivity index is 3.09. The summed E-state index contributed by atoms with van der Waals surface area (Å²) in [6.45, 7) is 3.03. The third-order valence-corrected chi connectivity index (χ3v) is 2.55. The van der Waals surface area contributed by atoms with Crippen LogP contribution >= 0.6 is 0 Å². The van der Waals surface area contributed by atoms with E-state index in [1.165, 1.54) is 21.0 Å². The molecule has 0 unspecified atom stereocenters. The Hall–Kier alpha value is -2.24. The number of carbonyl (C=O) groups is 2. The maximum absolute atomic E-state index is 12.1. The molecule has 98 valence electrons. The number of anilines is 1. The number of hydrogen-bond donors (Lipinski definition) is 3. The third-order valence-electron chi connectivity index (χ3n) is 2.55. The average molecular weight is 251 g/mol. The van der Waals surface area contributed by atoms with Crippen molar-refractivity contribution in [3.63, 3.8) is 0 Å². The van der Waals surface area contributed by atoms with E-state index in [0.717, 1.165) is 0 Å². The molecule has 18 heavy (non-hydrogen) atoms. The van der Waals surface area contributed by atoms with Crippen LogP contribution in [0, 0.1) is 0 Å². The second-order valence-electron chi connectivity index (χ2n) is 4.37. The van der Waals surface area contributed by atoms with Gasteiger partial charge < -0.3 is 21.5 Å². The Kier molecular flexibility index (Phi) is 3.80. The van der Waals surface area contributed by atoms with Gasteiger partial charge in [-0.1, -0.05) is 6.07 Å². The maximum Gasteiger partial charge on any atom is 0.258 e. The number of hydrogen-bond acceptors (Lipinski definition) is 4. The highest BCUT2D eigenvalue weighted by atomic mass is 16.5. The van der Waals surface area contributed by atoms with Gasteiger partial charge in [0.25, 0.3) is 5.91 Å². The molecule has 0 bridgehead atoms. The average Bonchev–Trinajstić information content (AvgIpc) is 2.27. The van der Waals surface area contributed by atoms with Crippen molar-refractivity contribution >= 4 is 17.5 Å². The molecule has 1 aromatic carbocycles. The largest absolute Gasteiger partial charge is 0.496 e. The third kappa shape index (κ3) is 2.71. The first kappa shape index (κ1) is 13.8. The molecule has 0 aliphatic heterocycles. The van der Waals surface area contributed by atoms with E-state index in [-0.39, 0.29) is 11.3 Å². The van der Waals surface area contributed by atoms with Crippen LogP contribution in [0.25, 0.3) is 0 Å². The summed E-state index contributed by atoms with van der Waals surface area (Å²) in [5, 5.41) is 2.51. The minimum absolute atomic E-state index is 0.189. The number of carbonyl (C=O) groups excluding carboxylic acids is 2. The Morgan fingerprint density at radius 3 is 2.44 bits per heavy atom. The van der Waals surface area contributed by atoms with E-state index in [1.54, 1.807) is 18.2 Å². The van der Waals surface area contributed by atoms with Gasteiger partial charge in [-0.3, -0.25) is 9.59 Å². The van der Waals surface area contributed by atoms with Crippen LogP contribution in [0.3, 0.4) is 0 Å². The van der Waals surface area contributed by atoms with Crippen molar-refractivity contribution in [1.82, 2.24) is 5.32 Å². The Morgan fingerprint density at radius 2 is 1.94 bits per heavy atom. The quantitative estimate of drug-likeness (QED) is 0.667. The number of rotatable bonds is 4. The van der Waals surface area contributed by atoms with Gasteiger partial charge in [0, 0.05) is 5.69 Å². The molecule has 5 N–H and O–H groups in total. The lowest BCUT2D eigenvalue weighted by molar-refractivity contribution is -0.122. The standard InChI is InChI=1S/C12H17N3O3/c1-12(2,11(14)17)15-10(16)9-7(13)5-4-6-8(9)18-3/h4-6H,13H2,1-3H3,(H2,14,17)(H,15,16). The highest BCUT2D eigenvalue weighted by Crippen LogP contribution is 2.24. The molecule has 6 heteroatoms. The zero-order chi connectivity index (χ0) is 13.9. The van der Waals surface area contributed by atoms with E-state index in [9.17, 15) is 9.59 Å². The number of nitrogens with one attached hydrogen (secondary N) is 1. The van der Waals surface area contributed by atoms with Gasteiger partial charge in [0.15, 0.2) is 0 Å². The summed E-state index contributed by atoms with van der Waals surface area (Å²) in [6.07, 6.45) is 0. The zero-order valence-corrected chi connectivity index (χ0v) is 10.6. The second-order valence-corrected chi connectivity index (χ2v) is 4.37. The lowest BCUT2D eigenvalue weighted by Gasteiger charge is -2.23. The number of nitrogen functional groups attached to an aromatic ring is 1. The van der Waals surface area contributed by atoms with Gasteiger partial charge in [-0.05, 0) is 26.0 Å². The molecule has 6 nitrogen and oxygen atoms in total. The number of methoxy groups -OCH3 is 1. The molecule has 0 aliphatic rings. The van der Waals surface area contributed by atoms with Crippen molar-refractivity contribution in [2.24, 2.45) is 5.73 Å². The summed E-state index contributed by atoms with van der Waals surface area (Å²) >= 11 is 0. The lowest BCUT2D eigenvalue weighted by Crippen LogP contribution is -2.53. The van der Waals surface area contributed by atoms with Gasteiger partial charge >= 0.3 is 0 Å². The molecule has 0 heterocycles. The van der Waals surface area contributed by atoms with Crippen LogP contribution in [-0.4, -0.2) is 24.5 Å². The number of ether oxygens (including phenoxy) is 1. The molecule has 0 aliphatic carbocycles. The van der Waals surface area contributed by atoms with Gasteiger partial charge in [0.05, 0.1) is 7.11 Å². The van der Waals surface area contributed by atoms with Gasteiger partial charge in [0.2, 0.25) is 5.91 Å². The number of benzene rings is 1. The van der Waals surface area contributed by atoms with Crippen molar-refractivity contribution < 1.29 is 14.3 Å². The summed E-state index contributed by atoms with van der Waals surface area (Å²) in [5.41, 5.74) is 10.2. The summed E-state index contributed by atoms with van der Waals surface area (Å²) in [6, 6.07) is 4.86. The molecule has 0 fully saturated rings. The molecule has 1 aromatic rings. The molecule has 0 saturated carbocycles. The Morgan fingerprint density at radius 1 is 1.33 bits per heavy atom. The Labute approximate surface area is 105 Å². The van der Waals surface area contributed by atoms with Crippen molar-refractivity contribution in [2.75, 3.05) is 12.8 Å². The maximum atomic E-state index is 12.1. The molecular formula is C12H17N3O3. The van der Waals surface area contributed by atoms with Gasteiger partial charge in [-0.2, -0.15) is 0 Å². The number of nitrogens with two attached hydrogens (primary N) is 2. The van der Waals surface area contributed by atoms with Crippen LogP contribution in [0.15, 0.2) is 18.2 Å². The molecule has 0 spiro atoms. The second kappa shape index (κ2) is 4.95. The molecule has 0 aromatic heterocycles. The van der Waals surface area contributed by atoms with E-state index >= 15 is 0 Å². The predicted octanol–water partition coefficient (Wildman–Crippen LogP) is 0.271. The van der Waals surface area contributed by atoms with Crippen LogP contribution in [0.1, 0.15) is 24.2 Å². The van der Waals surface area contributed by atoms with E-state index in [2.05, 4.69) is 5.32 Å². The highest BCUT2D eigenvalue weighted by molar-refractivity contribution is 6.04. The fourth-order valence-corrected chi connectivity index (χ4v) is 1.37. The molecule has 0 atom stereocenters. The molecule has 0 saturated heterocycles. The monoisotopic (exact) mass is 251 g/mol. The smallest absolute Gasteiger partial charge is 0.258 e. The lowest BCUT2D eigenvalue weighted by atomic mass is 10.0. The topological polar surface area (TPSA) is 107 Å². The fourth-order valence-electron chi connectivity index (χ4n) is 1.37. The van der Waals surface area contributed by atoms with E-state index < -0.39 is 17.4 Å². The van der Waals surface area contributed by atoms with E-state index in [1.807, 2.05) is 0 Å². The minimum atomic E-state index is -1.16. The van der Waals surface area contributed by atoms with Gasteiger partial charge in [-0.15, -0.1) is 0 Å². The number of primary amides is 1. The van der Waals surface area contributed by atoms with Crippen molar-refractivity contribution in [3.8, 4) is 5.75 Å². The van der Waals surface area contributed by atoms with Crippen molar-refractivity contribution in [3.05, 3.63) is 23.8 Å². The van der Waals surface area contributed by atoms with E-state index in [0.29, 0.717) is 5.75 Å². The van der Waals surface area contributed by atoms with Crippen molar-refractivity contribution in [2.45, 2.75) is 19.4 Å². The SMILES string of the molecule is COc1cccc(N)c1C(=O)NC(C)(C)C(N)=O. The minimum Gasteiger partial charge on any atom is -0.496 e. The molecular weight excluding hydrogens is 234 g/mol. The first-order chi connectivity index (χ1) is 8.29. The van der Waals surface area contributed by atoms with Gasteiger partial charge in [-0.25, -0.2) is 0 Å². The fraction of sp³-hybridized carbons (Fsp3) is 0.333. The van der Waals surface area contributed by atoms with Crippen LogP contribution in [0.2, 0.25) is 0 Å². The summed E-state index contributed by atoms with van der Waals surface area (Å²) in [4.78, 5) is 23.3. The Bertz CT molecular complexity index is 483. The highest BCUT2D eigenvalue weighted by Gasteiger charge is 2.29. The predicted molar refractivity (Wildman–Crippen MR) is 68.1 cm³/mol. The van der Waals surface area contributed by atoms with E-state index in [4.69, 9.17) is 16.2 Å². The summed E-state index contributed by atoms with van der Waals surface area (Å²) in [7, 11) is 1.44. The summed E-state index contributed by atoms with van der Waals surface area (Å²) in [5.74, 6) is -0.800. The first-order valence-corrected chi connectivity index (χ1v) is 5.34. The number of amides is 2.